The summed E-state index contributed by atoms with van der Waals surface area (Å²) in [7, 11) is -4.12. The van der Waals surface area contributed by atoms with E-state index in [0.29, 0.717) is 11.6 Å². The van der Waals surface area contributed by atoms with Gasteiger partial charge in [0, 0.05) is 24.6 Å². The maximum Gasteiger partial charge on any atom is 0.416 e. The highest BCUT2D eigenvalue weighted by molar-refractivity contribution is 7.89. The topological polar surface area (TPSA) is 105 Å². The molecule has 0 radical (unpaired) electrons. The molecule has 8 nitrogen and oxygen atoms in total. The largest absolute Gasteiger partial charge is 0.416 e. The van der Waals surface area contributed by atoms with Gasteiger partial charge in [0.2, 0.25) is 21.8 Å². The minimum Gasteiger partial charge on any atom is -0.403 e. The number of nitrogens with one attached hydrogen (secondary N) is 1. The van der Waals surface area contributed by atoms with Crippen molar-refractivity contribution in [2.45, 2.75) is 23.9 Å². The van der Waals surface area contributed by atoms with Crippen LogP contribution in [0.2, 0.25) is 0 Å². The molecule has 174 valence electrons. The number of rotatable bonds is 5. The highest BCUT2D eigenvalue weighted by Gasteiger charge is 2.35. The first-order valence-corrected chi connectivity index (χ1v) is 11.5. The van der Waals surface area contributed by atoms with Crippen LogP contribution in [0.4, 0.5) is 19.2 Å². The van der Waals surface area contributed by atoms with Crippen molar-refractivity contribution in [3.63, 3.8) is 0 Å². The highest BCUT2D eigenvalue weighted by atomic mass is 32.2. The summed E-state index contributed by atoms with van der Waals surface area (Å²) >= 11 is 0. The van der Waals surface area contributed by atoms with Crippen LogP contribution in [0, 0.1) is 5.92 Å². The quantitative estimate of drug-likeness (QED) is 0.596. The summed E-state index contributed by atoms with van der Waals surface area (Å²) in [4.78, 5) is 12.1. The fraction of sp³-hybridized carbons (Fsp3) is 0.286. The number of aromatic nitrogens is 2. The van der Waals surface area contributed by atoms with E-state index in [-0.39, 0.29) is 37.8 Å². The number of carbonyl (C=O) groups is 1. The zero-order valence-electron chi connectivity index (χ0n) is 17.1. The summed E-state index contributed by atoms with van der Waals surface area (Å²) in [6.07, 6.45) is -4.25. The lowest BCUT2D eigenvalue weighted by Crippen LogP contribution is -2.41. The van der Waals surface area contributed by atoms with E-state index in [1.807, 2.05) is 6.07 Å². The minimum absolute atomic E-state index is 0.00420. The van der Waals surface area contributed by atoms with E-state index in [1.54, 1.807) is 24.3 Å². The van der Waals surface area contributed by atoms with E-state index in [2.05, 4.69) is 15.5 Å². The molecule has 0 spiro atoms. The predicted molar refractivity (Wildman–Crippen MR) is 111 cm³/mol. The van der Waals surface area contributed by atoms with Gasteiger partial charge in [-0.1, -0.05) is 29.4 Å². The van der Waals surface area contributed by atoms with Crippen LogP contribution in [0.5, 0.6) is 0 Å². The molecule has 33 heavy (non-hydrogen) atoms. The number of benzene rings is 2. The lowest BCUT2D eigenvalue weighted by molar-refractivity contribution is -0.137. The second kappa shape index (κ2) is 8.94. The van der Waals surface area contributed by atoms with Gasteiger partial charge in [-0.3, -0.25) is 10.1 Å². The van der Waals surface area contributed by atoms with Gasteiger partial charge in [0.05, 0.1) is 10.5 Å². The fourth-order valence-electron chi connectivity index (χ4n) is 3.52. The molecule has 0 aliphatic carbocycles. The van der Waals surface area contributed by atoms with E-state index in [4.69, 9.17) is 4.42 Å². The molecule has 0 atom stereocenters. The first-order chi connectivity index (χ1) is 15.6. The molecule has 1 fully saturated rings. The maximum atomic E-state index is 12.9. The number of nitrogens with zero attached hydrogens (tertiary/aromatic N) is 3. The highest BCUT2D eigenvalue weighted by Crippen LogP contribution is 2.32. The summed E-state index contributed by atoms with van der Waals surface area (Å²) < 4.78 is 71.0. The molecule has 1 aliphatic rings. The number of carbonyl (C=O) groups excluding carboxylic acids is 1. The maximum absolute atomic E-state index is 12.9. The van der Waals surface area contributed by atoms with Gasteiger partial charge in [0.25, 0.3) is 0 Å². The van der Waals surface area contributed by atoms with E-state index in [0.717, 1.165) is 22.5 Å². The fourth-order valence-corrected chi connectivity index (χ4v) is 5.03. The van der Waals surface area contributed by atoms with E-state index >= 15 is 0 Å². The van der Waals surface area contributed by atoms with Crippen LogP contribution in [0.1, 0.15) is 18.4 Å². The number of piperidine rings is 1. The van der Waals surface area contributed by atoms with Gasteiger partial charge >= 0.3 is 12.2 Å². The number of amides is 1. The number of hydrogen-bond acceptors (Lipinski definition) is 6. The van der Waals surface area contributed by atoms with Gasteiger partial charge in [-0.05, 0) is 43.2 Å². The molecule has 2 aromatic carbocycles. The molecule has 3 aromatic rings. The van der Waals surface area contributed by atoms with Crippen molar-refractivity contribution in [2.24, 2.45) is 5.92 Å². The minimum atomic E-state index is -4.65. The Labute approximate surface area is 187 Å². The van der Waals surface area contributed by atoms with E-state index in [1.165, 1.54) is 0 Å². The van der Waals surface area contributed by atoms with Crippen LogP contribution in [-0.4, -0.2) is 41.9 Å². The van der Waals surface area contributed by atoms with Crippen LogP contribution in [0.25, 0.3) is 11.5 Å². The van der Waals surface area contributed by atoms with E-state index < -0.39 is 38.5 Å². The lowest BCUT2D eigenvalue weighted by Gasteiger charge is -2.30. The van der Waals surface area contributed by atoms with Gasteiger partial charge in [-0.15, -0.1) is 5.10 Å². The number of hydrogen-bond donors (Lipinski definition) is 1. The molecule has 0 saturated carbocycles. The zero-order chi connectivity index (χ0) is 23.6. The van der Waals surface area contributed by atoms with Gasteiger partial charge in [-0.2, -0.15) is 17.5 Å². The molecule has 1 saturated heterocycles. The van der Waals surface area contributed by atoms with Gasteiger partial charge in [0.1, 0.15) is 0 Å². The first-order valence-electron chi connectivity index (χ1n) is 10.0. The monoisotopic (exact) mass is 480 g/mol. The third kappa shape index (κ3) is 5.06. The zero-order valence-corrected chi connectivity index (χ0v) is 17.9. The Kier molecular flexibility index (Phi) is 6.21. The Morgan fingerprint density at radius 1 is 1.03 bits per heavy atom. The lowest BCUT2D eigenvalue weighted by atomic mass is 9.97. The Balaban J connectivity index is 1.38. The molecule has 1 amide bonds. The van der Waals surface area contributed by atoms with Crippen LogP contribution in [-0.2, 0) is 21.0 Å². The van der Waals surface area contributed by atoms with Gasteiger partial charge < -0.3 is 4.42 Å². The molecule has 1 aromatic heterocycles. The standard InChI is InChI=1S/C21H19F3N4O4S/c22-21(23,24)16-7-4-8-17(13-16)33(30,31)28-11-9-14(10-12-28)18(29)25-20-27-26-19(32-20)15-5-2-1-3-6-15/h1-8,13-14H,9-12H2,(H,25,27,29). The normalized spacial score (nSPS) is 16.0. The summed E-state index contributed by atoms with van der Waals surface area (Å²) in [6, 6.07) is 12.6. The number of sulfonamides is 1. The predicted octanol–water partition coefficient (Wildman–Crippen LogP) is 3.79. The van der Waals surface area contributed by atoms with Crippen LogP contribution in [0.15, 0.2) is 63.9 Å². The Bertz CT molecular complexity index is 1240. The Hall–Kier alpha value is -3.25. The molecule has 1 N–H and O–H groups in total. The van der Waals surface area contributed by atoms with Crippen LogP contribution in [0.3, 0.4) is 0 Å². The molecule has 4 rings (SSSR count). The summed E-state index contributed by atoms with van der Waals surface area (Å²) in [5.74, 6) is -0.660. The van der Waals surface area contributed by atoms with Crippen molar-refractivity contribution in [1.82, 2.24) is 14.5 Å². The smallest absolute Gasteiger partial charge is 0.403 e. The Morgan fingerprint density at radius 3 is 2.39 bits per heavy atom. The summed E-state index contributed by atoms with van der Waals surface area (Å²) in [5.41, 5.74) is -0.342. The van der Waals surface area contributed by atoms with Crippen molar-refractivity contribution < 1.29 is 30.8 Å². The second-order valence-electron chi connectivity index (χ2n) is 7.47. The molecular formula is C21H19F3N4O4S. The van der Waals surface area contributed by atoms with Crippen LogP contribution < -0.4 is 5.32 Å². The molecule has 2 heterocycles. The SMILES string of the molecule is O=C(Nc1nnc(-c2ccccc2)o1)C1CCN(S(=O)(=O)c2cccc(C(F)(F)F)c2)CC1. The molecule has 0 bridgehead atoms. The van der Waals surface area contributed by atoms with Crippen molar-refractivity contribution in [3.8, 4) is 11.5 Å². The van der Waals surface area contributed by atoms with E-state index in [9.17, 15) is 26.4 Å². The molecule has 12 heteroatoms. The molecular weight excluding hydrogens is 461 g/mol. The number of halogens is 3. The van der Waals surface area contributed by atoms with Crippen molar-refractivity contribution in [2.75, 3.05) is 18.4 Å². The van der Waals surface area contributed by atoms with Gasteiger partial charge in [0.15, 0.2) is 0 Å². The van der Waals surface area contributed by atoms with Crippen molar-refractivity contribution in [1.29, 1.82) is 0 Å². The number of alkyl halides is 3. The third-order valence-corrected chi connectivity index (χ3v) is 7.19. The average molecular weight is 480 g/mol. The number of anilines is 1. The summed E-state index contributed by atoms with van der Waals surface area (Å²) in [6.45, 7) is -0.00840. The van der Waals surface area contributed by atoms with Crippen molar-refractivity contribution >= 4 is 21.9 Å². The summed E-state index contributed by atoms with van der Waals surface area (Å²) in [5, 5.41) is 10.2. The Morgan fingerprint density at radius 2 is 1.73 bits per heavy atom. The second-order valence-corrected chi connectivity index (χ2v) is 9.41. The third-order valence-electron chi connectivity index (χ3n) is 5.30. The van der Waals surface area contributed by atoms with Crippen LogP contribution >= 0.6 is 0 Å². The van der Waals surface area contributed by atoms with Gasteiger partial charge in [-0.25, -0.2) is 8.42 Å². The average Bonchev–Trinajstić information content (AvgIpc) is 3.28. The molecule has 1 aliphatic heterocycles. The first kappa shape index (κ1) is 22.9. The van der Waals surface area contributed by atoms with Crippen molar-refractivity contribution in [3.05, 3.63) is 60.2 Å². The molecule has 0 unspecified atom stereocenters.